The summed E-state index contributed by atoms with van der Waals surface area (Å²) in [6.45, 7) is 1.88. The third-order valence-electron chi connectivity index (χ3n) is 3.83. The first-order chi connectivity index (χ1) is 10.1. The third-order valence-corrected chi connectivity index (χ3v) is 3.83. The van der Waals surface area contributed by atoms with Crippen molar-refractivity contribution < 1.29 is 15.0 Å². The fourth-order valence-electron chi connectivity index (χ4n) is 2.66. The van der Waals surface area contributed by atoms with Gasteiger partial charge in [0, 0.05) is 12.5 Å². The third kappa shape index (κ3) is 3.70. The van der Waals surface area contributed by atoms with Crippen LogP contribution < -0.4 is 0 Å². The van der Waals surface area contributed by atoms with E-state index in [-0.39, 0.29) is 12.5 Å². The molecule has 0 aliphatic carbocycles. The van der Waals surface area contributed by atoms with Crippen molar-refractivity contribution in [1.82, 2.24) is 0 Å². The van der Waals surface area contributed by atoms with E-state index >= 15 is 0 Å². The lowest BCUT2D eigenvalue weighted by atomic mass is 9.90. The minimum absolute atomic E-state index is 0.0355. The van der Waals surface area contributed by atoms with Gasteiger partial charge in [0.15, 0.2) is 0 Å². The zero-order valence-electron chi connectivity index (χ0n) is 12.1. The maximum absolute atomic E-state index is 11.4. The molecule has 2 aromatic rings. The summed E-state index contributed by atoms with van der Waals surface area (Å²) in [5.74, 6) is -0.850. The summed E-state index contributed by atoms with van der Waals surface area (Å²) in [6.07, 6.45) is 1.37. The van der Waals surface area contributed by atoms with Gasteiger partial charge in [-0.1, -0.05) is 48.5 Å². The van der Waals surface area contributed by atoms with Crippen molar-refractivity contribution in [1.29, 1.82) is 0 Å². The highest BCUT2D eigenvalue weighted by Crippen LogP contribution is 2.23. The summed E-state index contributed by atoms with van der Waals surface area (Å²) in [7, 11) is 0. The van der Waals surface area contributed by atoms with Crippen LogP contribution in [0.2, 0.25) is 0 Å². The highest BCUT2D eigenvalue weighted by atomic mass is 16.4. The van der Waals surface area contributed by atoms with Crippen LogP contribution in [0.5, 0.6) is 0 Å². The van der Waals surface area contributed by atoms with Crippen molar-refractivity contribution in [3.63, 3.8) is 0 Å². The Morgan fingerprint density at radius 3 is 2.43 bits per heavy atom. The van der Waals surface area contributed by atoms with Crippen LogP contribution in [0.3, 0.4) is 0 Å². The number of benzene rings is 2. The van der Waals surface area contributed by atoms with Crippen LogP contribution in [-0.2, 0) is 6.42 Å². The Morgan fingerprint density at radius 1 is 1.10 bits per heavy atom. The molecule has 0 radical (unpaired) electrons. The monoisotopic (exact) mass is 284 g/mol. The first kappa shape index (κ1) is 15.3. The summed E-state index contributed by atoms with van der Waals surface area (Å²) in [5.41, 5.74) is 3.09. The summed E-state index contributed by atoms with van der Waals surface area (Å²) < 4.78 is 0. The fraction of sp³-hybridized carbons (Fsp3) is 0.278. The molecule has 3 heteroatoms. The molecular weight excluding hydrogens is 264 g/mol. The largest absolute Gasteiger partial charge is 0.478 e. The van der Waals surface area contributed by atoms with E-state index in [4.69, 9.17) is 0 Å². The van der Waals surface area contributed by atoms with Gasteiger partial charge in [-0.2, -0.15) is 0 Å². The SMILES string of the molecule is Cc1cccc(CCC(CO)c2ccccc2)c1C(=O)O. The molecule has 0 spiro atoms. The molecule has 0 saturated carbocycles. The second kappa shape index (κ2) is 7.04. The quantitative estimate of drug-likeness (QED) is 0.854. The molecule has 0 aliphatic heterocycles. The molecule has 3 nitrogen and oxygen atoms in total. The van der Waals surface area contributed by atoms with Crippen molar-refractivity contribution in [2.75, 3.05) is 6.61 Å². The molecule has 0 saturated heterocycles. The maximum Gasteiger partial charge on any atom is 0.336 e. The number of carbonyl (C=O) groups is 1. The first-order valence-electron chi connectivity index (χ1n) is 7.11. The Bertz CT molecular complexity index is 605. The van der Waals surface area contributed by atoms with E-state index in [2.05, 4.69) is 0 Å². The van der Waals surface area contributed by atoms with Gasteiger partial charge < -0.3 is 10.2 Å². The lowest BCUT2D eigenvalue weighted by Crippen LogP contribution is -2.09. The standard InChI is InChI=1S/C18H20O3/c1-13-6-5-9-15(17(13)18(20)21)10-11-16(12-19)14-7-3-2-4-8-14/h2-9,16,19H,10-12H2,1H3,(H,20,21). The normalized spacial score (nSPS) is 12.1. The van der Waals surface area contributed by atoms with Crippen molar-refractivity contribution in [2.24, 2.45) is 0 Å². The minimum Gasteiger partial charge on any atom is -0.478 e. The Morgan fingerprint density at radius 2 is 1.81 bits per heavy atom. The number of aliphatic hydroxyl groups is 1. The molecule has 0 fully saturated rings. The smallest absolute Gasteiger partial charge is 0.336 e. The van der Waals surface area contributed by atoms with Gasteiger partial charge in [0.05, 0.1) is 5.56 Å². The molecular formula is C18H20O3. The lowest BCUT2D eigenvalue weighted by Gasteiger charge is -2.16. The highest BCUT2D eigenvalue weighted by molar-refractivity contribution is 5.91. The molecule has 2 aromatic carbocycles. The summed E-state index contributed by atoms with van der Waals surface area (Å²) in [5, 5.41) is 18.9. The van der Waals surface area contributed by atoms with Crippen LogP contribution in [0, 0.1) is 6.92 Å². The zero-order chi connectivity index (χ0) is 15.2. The van der Waals surface area contributed by atoms with Gasteiger partial charge in [-0.15, -0.1) is 0 Å². The Balaban J connectivity index is 2.16. The van der Waals surface area contributed by atoms with Crippen molar-refractivity contribution in [3.8, 4) is 0 Å². The van der Waals surface area contributed by atoms with Gasteiger partial charge in [-0.3, -0.25) is 0 Å². The number of aryl methyl sites for hydroxylation is 2. The average Bonchev–Trinajstić information content (AvgIpc) is 2.48. The van der Waals surface area contributed by atoms with Gasteiger partial charge in [-0.25, -0.2) is 4.79 Å². The summed E-state index contributed by atoms with van der Waals surface area (Å²) >= 11 is 0. The van der Waals surface area contributed by atoms with E-state index < -0.39 is 5.97 Å². The molecule has 0 aliphatic rings. The van der Waals surface area contributed by atoms with Crippen LogP contribution >= 0.6 is 0 Å². The highest BCUT2D eigenvalue weighted by Gasteiger charge is 2.15. The van der Waals surface area contributed by atoms with Crippen LogP contribution in [-0.4, -0.2) is 22.8 Å². The second-order valence-corrected chi connectivity index (χ2v) is 5.24. The maximum atomic E-state index is 11.4. The lowest BCUT2D eigenvalue weighted by molar-refractivity contribution is 0.0695. The molecule has 1 atom stereocenters. The van der Waals surface area contributed by atoms with Crippen LogP contribution in [0.4, 0.5) is 0 Å². The molecule has 2 N–H and O–H groups in total. The van der Waals surface area contributed by atoms with E-state index in [0.29, 0.717) is 12.0 Å². The Kier molecular flexibility index (Phi) is 5.12. The number of rotatable bonds is 6. The van der Waals surface area contributed by atoms with Crippen LogP contribution in [0.15, 0.2) is 48.5 Å². The first-order valence-corrected chi connectivity index (χ1v) is 7.11. The van der Waals surface area contributed by atoms with Gasteiger partial charge in [0.1, 0.15) is 0 Å². The number of aromatic carboxylic acids is 1. The van der Waals surface area contributed by atoms with Crippen molar-refractivity contribution >= 4 is 5.97 Å². The molecule has 0 aromatic heterocycles. The van der Waals surface area contributed by atoms with E-state index in [9.17, 15) is 15.0 Å². The van der Waals surface area contributed by atoms with E-state index in [1.165, 1.54) is 0 Å². The predicted octanol–water partition coefficient (Wildman–Crippen LogP) is 3.40. The minimum atomic E-state index is -0.886. The Labute approximate surface area is 124 Å². The van der Waals surface area contributed by atoms with Gasteiger partial charge in [0.2, 0.25) is 0 Å². The Hall–Kier alpha value is -2.13. The molecule has 0 amide bonds. The molecule has 110 valence electrons. The number of hydrogen-bond acceptors (Lipinski definition) is 2. The zero-order valence-corrected chi connectivity index (χ0v) is 12.1. The number of aliphatic hydroxyl groups excluding tert-OH is 1. The van der Waals surface area contributed by atoms with Crippen molar-refractivity contribution in [2.45, 2.75) is 25.7 Å². The van der Waals surface area contributed by atoms with E-state index in [0.717, 1.165) is 23.1 Å². The number of hydrogen-bond donors (Lipinski definition) is 2. The van der Waals surface area contributed by atoms with Gasteiger partial charge >= 0.3 is 5.97 Å². The molecule has 21 heavy (non-hydrogen) atoms. The second-order valence-electron chi connectivity index (χ2n) is 5.24. The van der Waals surface area contributed by atoms with Gasteiger partial charge in [0.25, 0.3) is 0 Å². The molecule has 1 unspecified atom stereocenters. The van der Waals surface area contributed by atoms with E-state index in [1.54, 1.807) is 0 Å². The predicted molar refractivity (Wildman–Crippen MR) is 82.7 cm³/mol. The topological polar surface area (TPSA) is 57.5 Å². The fourth-order valence-corrected chi connectivity index (χ4v) is 2.66. The molecule has 0 bridgehead atoms. The van der Waals surface area contributed by atoms with Crippen LogP contribution in [0.1, 0.15) is 39.4 Å². The van der Waals surface area contributed by atoms with Gasteiger partial charge in [-0.05, 0) is 36.5 Å². The number of carboxylic acids is 1. The van der Waals surface area contributed by atoms with Crippen molar-refractivity contribution in [3.05, 3.63) is 70.8 Å². The molecule has 0 heterocycles. The summed E-state index contributed by atoms with van der Waals surface area (Å²) in [6, 6.07) is 15.4. The summed E-state index contributed by atoms with van der Waals surface area (Å²) in [4.78, 5) is 11.4. The average molecular weight is 284 g/mol. The van der Waals surface area contributed by atoms with E-state index in [1.807, 2.05) is 55.5 Å². The molecule has 2 rings (SSSR count). The van der Waals surface area contributed by atoms with Crippen LogP contribution in [0.25, 0.3) is 0 Å². The number of carboxylic acid groups (broad SMARTS) is 1.